The third-order valence-corrected chi connectivity index (χ3v) is 4.38. The van der Waals surface area contributed by atoms with Gasteiger partial charge in [-0.3, -0.25) is 9.80 Å². The van der Waals surface area contributed by atoms with E-state index < -0.39 is 12.0 Å². The Morgan fingerprint density at radius 2 is 1.72 bits per heavy atom. The largest absolute Gasteiger partial charge is 0.508 e. The maximum absolute atomic E-state index is 13.1. The number of phenolic OH excluding ortho intramolecular Hbond substituents is 1. The average Bonchev–Trinajstić information content (AvgIpc) is 2.73. The van der Waals surface area contributed by atoms with Crippen LogP contribution in [0.2, 0.25) is 0 Å². The molecule has 1 amide bonds. The summed E-state index contributed by atoms with van der Waals surface area (Å²) >= 11 is 0. The van der Waals surface area contributed by atoms with Gasteiger partial charge in [0.25, 0.3) is 5.91 Å². The molecule has 2 aromatic carbocycles. The lowest BCUT2D eigenvalue weighted by molar-refractivity contribution is -0.147. The topological polar surface area (TPSA) is 95.9 Å². The number of methoxy groups -OCH3 is 1. The summed E-state index contributed by atoms with van der Waals surface area (Å²) < 4.78 is 4.94. The predicted molar refractivity (Wildman–Crippen MR) is 108 cm³/mol. The Morgan fingerprint density at radius 1 is 1.07 bits per heavy atom. The van der Waals surface area contributed by atoms with Gasteiger partial charge >= 0.3 is 5.97 Å². The minimum Gasteiger partial charge on any atom is -0.508 e. The molecule has 2 aromatic rings. The van der Waals surface area contributed by atoms with E-state index in [2.05, 4.69) is 5.43 Å². The number of rotatable bonds is 10. The van der Waals surface area contributed by atoms with Crippen LogP contribution in [0.3, 0.4) is 0 Å². The Hall–Kier alpha value is -3.19. The molecule has 0 fully saturated rings. The summed E-state index contributed by atoms with van der Waals surface area (Å²) in [6.45, 7) is 1.86. The maximum atomic E-state index is 13.1. The van der Waals surface area contributed by atoms with Crippen molar-refractivity contribution in [3.63, 3.8) is 0 Å². The molecule has 0 bridgehead atoms. The molecule has 0 unspecified atom stereocenters. The highest BCUT2D eigenvalue weighted by Crippen LogP contribution is 2.16. The van der Waals surface area contributed by atoms with E-state index in [0.29, 0.717) is 24.9 Å². The van der Waals surface area contributed by atoms with E-state index in [1.54, 1.807) is 42.5 Å². The van der Waals surface area contributed by atoms with Gasteiger partial charge in [0, 0.05) is 24.9 Å². The normalized spacial score (nSPS) is 11.5. The van der Waals surface area contributed by atoms with Crippen LogP contribution in [0, 0.1) is 0 Å². The molecule has 0 aliphatic heterocycles. The lowest BCUT2D eigenvalue weighted by atomic mass is 10.0. The molecule has 0 aromatic heterocycles. The quantitative estimate of drug-likeness (QED) is 0.363. The van der Waals surface area contributed by atoms with Crippen molar-refractivity contribution >= 4 is 17.7 Å². The molecule has 7 heteroatoms. The second kappa shape index (κ2) is 11.0. The fraction of sp³-hybridized carbons (Fsp3) is 0.318. The Labute approximate surface area is 170 Å². The number of aromatic hydroxyl groups is 1. The zero-order chi connectivity index (χ0) is 21.2. The fourth-order valence-electron chi connectivity index (χ4n) is 2.85. The van der Waals surface area contributed by atoms with Crippen molar-refractivity contribution in [2.45, 2.75) is 32.2 Å². The first-order valence-electron chi connectivity index (χ1n) is 9.39. The first-order valence-corrected chi connectivity index (χ1v) is 9.39. The zero-order valence-electron chi connectivity index (χ0n) is 16.6. The number of carbonyl (C=O) groups is 3. The van der Waals surface area contributed by atoms with Crippen molar-refractivity contribution in [3.8, 4) is 5.75 Å². The number of hydrazine groups is 1. The van der Waals surface area contributed by atoms with Crippen LogP contribution in [0.25, 0.3) is 0 Å². The third-order valence-electron chi connectivity index (χ3n) is 4.38. The Bertz CT molecular complexity index is 821. The SMILES string of the molecule is COC(=O)[C@H](Cc1ccc(O)cc1)N(NCCCC(C)=O)C(=O)c1ccccc1. The average molecular weight is 398 g/mol. The number of hydrogen-bond donors (Lipinski definition) is 2. The molecule has 2 rings (SSSR count). The minimum atomic E-state index is -0.922. The van der Waals surface area contributed by atoms with Gasteiger partial charge in [0.05, 0.1) is 7.11 Å². The minimum absolute atomic E-state index is 0.0568. The Kier molecular flexibility index (Phi) is 8.36. The highest BCUT2D eigenvalue weighted by atomic mass is 16.5. The highest BCUT2D eigenvalue weighted by Gasteiger charge is 2.31. The van der Waals surface area contributed by atoms with Crippen LogP contribution < -0.4 is 5.43 Å². The summed E-state index contributed by atoms with van der Waals surface area (Å²) in [7, 11) is 1.27. The summed E-state index contributed by atoms with van der Waals surface area (Å²) in [5.74, 6) is -0.770. The van der Waals surface area contributed by atoms with Crippen LogP contribution in [0.1, 0.15) is 35.7 Å². The van der Waals surface area contributed by atoms with E-state index in [4.69, 9.17) is 4.74 Å². The number of hydrogen-bond acceptors (Lipinski definition) is 6. The number of benzene rings is 2. The van der Waals surface area contributed by atoms with E-state index in [1.165, 1.54) is 31.2 Å². The van der Waals surface area contributed by atoms with Crippen molar-refractivity contribution in [1.82, 2.24) is 10.4 Å². The van der Waals surface area contributed by atoms with Crippen molar-refractivity contribution in [2.75, 3.05) is 13.7 Å². The van der Waals surface area contributed by atoms with Gasteiger partial charge in [-0.15, -0.1) is 0 Å². The summed E-state index contributed by atoms with van der Waals surface area (Å²) in [5.41, 5.74) is 4.18. The number of esters is 1. The maximum Gasteiger partial charge on any atom is 0.330 e. The summed E-state index contributed by atoms with van der Waals surface area (Å²) in [4.78, 5) is 36.9. The molecule has 0 saturated heterocycles. The second-order valence-electron chi connectivity index (χ2n) is 6.66. The number of ether oxygens (including phenoxy) is 1. The molecule has 2 N–H and O–H groups in total. The van der Waals surface area contributed by atoms with Gasteiger partial charge in [-0.2, -0.15) is 0 Å². The van der Waals surface area contributed by atoms with Crippen LogP contribution in [0.4, 0.5) is 0 Å². The number of carbonyl (C=O) groups excluding carboxylic acids is 3. The fourth-order valence-corrected chi connectivity index (χ4v) is 2.85. The van der Waals surface area contributed by atoms with Gasteiger partial charge in [0.15, 0.2) is 0 Å². The molecule has 0 spiro atoms. The van der Waals surface area contributed by atoms with Crippen LogP contribution in [0.15, 0.2) is 54.6 Å². The van der Waals surface area contributed by atoms with Crippen LogP contribution in [-0.2, 0) is 20.7 Å². The lowest BCUT2D eigenvalue weighted by Gasteiger charge is -2.30. The number of amides is 1. The molecule has 0 radical (unpaired) electrons. The molecule has 29 heavy (non-hydrogen) atoms. The number of phenols is 1. The highest BCUT2D eigenvalue weighted by molar-refractivity contribution is 5.96. The van der Waals surface area contributed by atoms with Gasteiger partial charge in [-0.05, 0) is 43.2 Å². The zero-order valence-corrected chi connectivity index (χ0v) is 16.6. The van der Waals surface area contributed by atoms with Gasteiger partial charge in [-0.25, -0.2) is 10.2 Å². The molecule has 1 atom stereocenters. The van der Waals surface area contributed by atoms with E-state index in [-0.39, 0.29) is 23.9 Å². The first kappa shape index (κ1) is 22.1. The van der Waals surface area contributed by atoms with E-state index in [9.17, 15) is 19.5 Å². The van der Waals surface area contributed by atoms with E-state index in [1.807, 2.05) is 0 Å². The van der Waals surface area contributed by atoms with Gasteiger partial charge in [0.1, 0.15) is 17.6 Å². The molecular weight excluding hydrogens is 372 g/mol. The molecule has 0 aliphatic carbocycles. The Morgan fingerprint density at radius 3 is 2.31 bits per heavy atom. The van der Waals surface area contributed by atoms with Gasteiger partial charge < -0.3 is 14.6 Å². The second-order valence-corrected chi connectivity index (χ2v) is 6.66. The van der Waals surface area contributed by atoms with Crippen molar-refractivity contribution in [3.05, 3.63) is 65.7 Å². The monoisotopic (exact) mass is 398 g/mol. The van der Waals surface area contributed by atoms with Crippen LogP contribution >= 0.6 is 0 Å². The van der Waals surface area contributed by atoms with Crippen molar-refractivity contribution in [1.29, 1.82) is 0 Å². The molecule has 0 aliphatic rings. The number of ketones is 1. The van der Waals surface area contributed by atoms with E-state index in [0.717, 1.165) is 5.56 Å². The first-order chi connectivity index (χ1) is 13.9. The molecule has 154 valence electrons. The smallest absolute Gasteiger partial charge is 0.330 e. The van der Waals surface area contributed by atoms with Crippen LogP contribution in [0.5, 0.6) is 5.75 Å². The standard InChI is InChI=1S/C22H26N2O5/c1-16(25)7-6-14-23-24(21(27)18-8-4-3-5-9-18)20(22(28)29-2)15-17-10-12-19(26)13-11-17/h3-5,8-13,20,23,26H,6-7,14-15H2,1-2H3/t20-/m0/s1. The van der Waals surface area contributed by atoms with E-state index >= 15 is 0 Å². The van der Waals surface area contributed by atoms with Crippen LogP contribution in [-0.4, -0.2) is 47.5 Å². The van der Waals surface area contributed by atoms with Crippen molar-refractivity contribution < 1.29 is 24.2 Å². The third kappa shape index (κ3) is 6.73. The van der Waals surface area contributed by atoms with Gasteiger partial charge in [-0.1, -0.05) is 30.3 Å². The molecule has 0 heterocycles. The van der Waals surface area contributed by atoms with Crippen molar-refractivity contribution in [2.24, 2.45) is 0 Å². The number of nitrogens with one attached hydrogen (secondary N) is 1. The molecule has 7 nitrogen and oxygen atoms in total. The number of nitrogens with zero attached hydrogens (tertiary/aromatic N) is 1. The molecule has 0 saturated carbocycles. The Balaban J connectivity index is 2.28. The summed E-state index contributed by atoms with van der Waals surface area (Å²) in [6.07, 6.45) is 1.10. The summed E-state index contributed by atoms with van der Waals surface area (Å²) in [5, 5.41) is 10.8. The summed E-state index contributed by atoms with van der Waals surface area (Å²) in [6, 6.07) is 14.1. The van der Waals surface area contributed by atoms with Gasteiger partial charge in [0.2, 0.25) is 0 Å². The lowest BCUT2D eigenvalue weighted by Crippen LogP contribution is -2.54. The predicted octanol–water partition coefficient (Wildman–Crippen LogP) is 2.49. The molecular formula is C22H26N2O5. The number of Topliss-reactive ketones (excluding diaryl/α,β-unsaturated/α-hetero) is 1.